The van der Waals surface area contributed by atoms with Crippen LogP contribution in [0.15, 0.2) is 24.1 Å². The van der Waals surface area contributed by atoms with E-state index in [9.17, 15) is 4.39 Å². The predicted molar refractivity (Wildman–Crippen MR) is 77.3 cm³/mol. The van der Waals surface area contributed by atoms with Gasteiger partial charge in [-0.1, -0.05) is 5.92 Å². The Morgan fingerprint density at radius 3 is 2.35 bits per heavy atom. The topological polar surface area (TPSA) is 31.4 Å². The van der Waals surface area contributed by atoms with Gasteiger partial charge in [0.1, 0.15) is 5.73 Å². The van der Waals surface area contributed by atoms with E-state index < -0.39 is 24.0 Å². The molecule has 20 heavy (non-hydrogen) atoms. The minimum atomic E-state index is -1.01. The molecule has 0 radical (unpaired) electrons. The van der Waals surface area contributed by atoms with E-state index in [1.807, 2.05) is 27.7 Å². The van der Waals surface area contributed by atoms with E-state index in [2.05, 4.69) is 10.9 Å². The van der Waals surface area contributed by atoms with Crippen LogP contribution in [0, 0.1) is 12.3 Å². The van der Waals surface area contributed by atoms with E-state index >= 15 is 0 Å². The van der Waals surface area contributed by atoms with Crippen LogP contribution >= 0.6 is 0 Å². The third-order valence-corrected chi connectivity index (χ3v) is 3.72. The van der Waals surface area contributed by atoms with Crippen LogP contribution in [0.2, 0.25) is 0 Å². The van der Waals surface area contributed by atoms with Gasteiger partial charge in [0.2, 0.25) is 0 Å². The van der Waals surface area contributed by atoms with Crippen molar-refractivity contribution in [1.82, 2.24) is 4.98 Å². The molecule has 0 spiro atoms. The average Bonchev–Trinajstić information content (AvgIpc) is 2.59. The van der Waals surface area contributed by atoms with Crippen molar-refractivity contribution in [1.29, 1.82) is 0 Å². The van der Waals surface area contributed by atoms with Gasteiger partial charge in [-0.2, -0.15) is 0 Å². The molecule has 0 aromatic carbocycles. The SMILES string of the molecule is C#Cc1ccc(C=C(F)B2OC(C)(C)C(C)(C)O2)nc1. The lowest BCUT2D eigenvalue weighted by molar-refractivity contribution is 0.00578. The van der Waals surface area contributed by atoms with Crippen molar-refractivity contribution in [2.24, 2.45) is 0 Å². The lowest BCUT2D eigenvalue weighted by atomic mass is 9.87. The molecule has 1 aromatic heterocycles. The number of pyridine rings is 1. The highest BCUT2D eigenvalue weighted by atomic mass is 19.1. The number of nitrogens with zero attached hydrogens (tertiary/aromatic N) is 1. The first kappa shape index (κ1) is 14.8. The maximum Gasteiger partial charge on any atom is 0.525 e. The van der Waals surface area contributed by atoms with Gasteiger partial charge in [0, 0.05) is 11.8 Å². The molecule has 0 N–H and O–H groups in total. The van der Waals surface area contributed by atoms with Gasteiger partial charge in [0.05, 0.1) is 16.9 Å². The van der Waals surface area contributed by atoms with E-state index in [4.69, 9.17) is 15.7 Å². The molecule has 3 nitrogen and oxygen atoms in total. The van der Waals surface area contributed by atoms with Crippen molar-refractivity contribution in [2.75, 3.05) is 0 Å². The lowest BCUT2D eigenvalue weighted by Crippen LogP contribution is -2.41. The van der Waals surface area contributed by atoms with Crippen LogP contribution in [-0.4, -0.2) is 23.3 Å². The molecule has 1 saturated heterocycles. The molecule has 1 aromatic rings. The molecule has 5 heteroatoms. The van der Waals surface area contributed by atoms with Crippen molar-refractivity contribution in [3.8, 4) is 12.3 Å². The van der Waals surface area contributed by atoms with Gasteiger partial charge in [-0.25, -0.2) is 4.39 Å². The molecule has 0 aliphatic carbocycles. The van der Waals surface area contributed by atoms with Crippen LogP contribution in [0.25, 0.3) is 6.08 Å². The van der Waals surface area contributed by atoms with E-state index in [0.29, 0.717) is 11.3 Å². The van der Waals surface area contributed by atoms with Crippen LogP contribution in [0.3, 0.4) is 0 Å². The molecule has 0 atom stereocenters. The molecule has 2 rings (SSSR count). The van der Waals surface area contributed by atoms with Crippen LogP contribution < -0.4 is 0 Å². The third kappa shape index (κ3) is 2.77. The number of hydrogen-bond donors (Lipinski definition) is 0. The number of terminal acetylenes is 1. The van der Waals surface area contributed by atoms with E-state index in [0.717, 1.165) is 0 Å². The summed E-state index contributed by atoms with van der Waals surface area (Å²) in [7, 11) is -1.01. The Kier molecular flexibility index (Phi) is 3.72. The Balaban J connectivity index is 2.18. The van der Waals surface area contributed by atoms with Crippen LogP contribution in [0.4, 0.5) is 4.39 Å². The monoisotopic (exact) mass is 273 g/mol. The Hall–Kier alpha value is -1.64. The summed E-state index contributed by atoms with van der Waals surface area (Å²) in [5.74, 6) is 2.46. The second kappa shape index (κ2) is 5.04. The molecular weight excluding hydrogens is 256 g/mol. The Morgan fingerprint density at radius 2 is 1.90 bits per heavy atom. The number of rotatable bonds is 2. The van der Waals surface area contributed by atoms with E-state index in [1.54, 1.807) is 12.1 Å². The van der Waals surface area contributed by atoms with Gasteiger partial charge in [0.15, 0.2) is 0 Å². The van der Waals surface area contributed by atoms with Gasteiger partial charge < -0.3 is 9.31 Å². The summed E-state index contributed by atoms with van der Waals surface area (Å²) in [5, 5.41) is 0. The quantitative estimate of drug-likeness (QED) is 0.613. The Labute approximate surface area is 119 Å². The predicted octanol–water partition coefficient (Wildman–Crippen LogP) is 3.00. The first-order chi connectivity index (χ1) is 9.25. The number of halogens is 1. The van der Waals surface area contributed by atoms with Gasteiger partial charge in [-0.05, 0) is 45.9 Å². The largest absolute Gasteiger partial charge is 0.525 e. The fourth-order valence-electron chi connectivity index (χ4n) is 1.74. The van der Waals surface area contributed by atoms with Crippen molar-refractivity contribution >= 4 is 13.2 Å². The zero-order chi connectivity index (χ0) is 15.0. The first-order valence-corrected chi connectivity index (χ1v) is 6.40. The molecule has 1 aliphatic rings. The Morgan fingerprint density at radius 1 is 1.30 bits per heavy atom. The van der Waals surface area contributed by atoms with Crippen LogP contribution in [0.5, 0.6) is 0 Å². The standard InChI is InChI=1S/C15H17BFNO2/c1-6-11-7-8-12(18-10-11)9-13(17)16-19-14(2,3)15(4,5)20-16/h1,7-10H,2-5H3. The summed E-state index contributed by atoms with van der Waals surface area (Å²) in [6, 6.07) is 3.36. The molecule has 1 aliphatic heterocycles. The van der Waals surface area contributed by atoms with Gasteiger partial charge in [-0.3, -0.25) is 4.98 Å². The number of aromatic nitrogens is 1. The second-order valence-electron chi connectivity index (χ2n) is 5.73. The molecule has 0 bridgehead atoms. The van der Waals surface area contributed by atoms with Crippen LogP contribution in [-0.2, 0) is 9.31 Å². The molecule has 0 amide bonds. The highest BCUT2D eigenvalue weighted by Gasteiger charge is 2.53. The van der Waals surface area contributed by atoms with Crippen molar-refractivity contribution in [3.05, 3.63) is 35.3 Å². The maximum atomic E-state index is 14.2. The van der Waals surface area contributed by atoms with Gasteiger partial charge in [0.25, 0.3) is 0 Å². The fraction of sp³-hybridized carbons (Fsp3) is 0.400. The van der Waals surface area contributed by atoms with Crippen molar-refractivity contribution in [2.45, 2.75) is 38.9 Å². The van der Waals surface area contributed by atoms with Crippen molar-refractivity contribution < 1.29 is 13.7 Å². The minimum absolute atomic E-state index is 0.469. The molecule has 104 valence electrons. The molecule has 0 saturated carbocycles. The van der Waals surface area contributed by atoms with Gasteiger partial charge in [-0.15, -0.1) is 6.42 Å². The first-order valence-electron chi connectivity index (χ1n) is 6.40. The second-order valence-corrected chi connectivity index (χ2v) is 5.73. The average molecular weight is 273 g/mol. The number of hydrogen-bond acceptors (Lipinski definition) is 3. The summed E-state index contributed by atoms with van der Waals surface area (Å²) >= 11 is 0. The third-order valence-electron chi connectivity index (χ3n) is 3.72. The molecule has 1 fully saturated rings. The summed E-state index contributed by atoms with van der Waals surface area (Å²) < 4.78 is 25.4. The molecule has 0 unspecified atom stereocenters. The summed E-state index contributed by atoms with van der Waals surface area (Å²) in [6.07, 6.45) is 8.05. The summed E-state index contributed by atoms with van der Waals surface area (Å²) in [5.41, 5.74) is -0.522. The van der Waals surface area contributed by atoms with Gasteiger partial charge >= 0.3 is 7.12 Å². The normalized spacial score (nSPS) is 20.8. The zero-order valence-electron chi connectivity index (χ0n) is 12.1. The molecular formula is C15H17BFNO2. The smallest absolute Gasteiger partial charge is 0.398 e. The van der Waals surface area contributed by atoms with E-state index in [1.165, 1.54) is 12.3 Å². The Bertz CT molecular complexity index is 557. The van der Waals surface area contributed by atoms with E-state index in [-0.39, 0.29) is 0 Å². The summed E-state index contributed by atoms with van der Waals surface area (Å²) in [6.45, 7) is 7.50. The van der Waals surface area contributed by atoms with Crippen molar-refractivity contribution in [3.63, 3.8) is 0 Å². The molecule has 2 heterocycles. The minimum Gasteiger partial charge on any atom is -0.398 e. The lowest BCUT2D eigenvalue weighted by Gasteiger charge is -2.32. The fourth-order valence-corrected chi connectivity index (χ4v) is 1.74. The summed E-state index contributed by atoms with van der Waals surface area (Å²) in [4.78, 5) is 4.06. The zero-order valence-corrected chi connectivity index (χ0v) is 12.1. The maximum absolute atomic E-state index is 14.2. The highest BCUT2D eigenvalue weighted by Crippen LogP contribution is 2.38. The van der Waals surface area contributed by atoms with Crippen LogP contribution in [0.1, 0.15) is 39.0 Å². The highest BCUT2D eigenvalue weighted by molar-refractivity contribution is 6.54.